The summed E-state index contributed by atoms with van der Waals surface area (Å²) < 4.78 is 0. The van der Waals surface area contributed by atoms with Gasteiger partial charge >= 0.3 is 0 Å². The molecule has 0 bridgehead atoms. The molecule has 1 N–H and O–H groups in total. The molecule has 3 rings (SSSR count). The zero-order chi connectivity index (χ0) is 16.1. The summed E-state index contributed by atoms with van der Waals surface area (Å²) >= 11 is 0. The molecule has 3 heteroatoms. The predicted octanol–water partition coefficient (Wildman–Crippen LogP) is 4.48. The van der Waals surface area contributed by atoms with E-state index in [1.807, 2.05) is 60.7 Å². The Morgan fingerprint density at radius 3 is 2.00 bits per heavy atom. The number of rotatable bonds is 3. The third kappa shape index (κ3) is 3.45. The fourth-order valence-corrected chi connectivity index (χ4v) is 2.28. The van der Waals surface area contributed by atoms with Gasteiger partial charge in [0.25, 0.3) is 5.91 Å². The van der Waals surface area contributed by atoms with E-state index in [-0.39, 0.29) is 5.91 Å². The van der Waals surface area contributed by atoms with Gasteiger partial charge in [-0.1, -0.05) is 42.5 Å². The average molecular weight is 298 g/mol. The molecule has 0 unspecified atom stereocenters. The number of amides is 1. The van der Waals surface area contributed by atoms with E-state index in [1.54, 1.807) is 24.3 Å². The first-order chi connectivity index (χ1) is 11.3. The molecule has 0 fully saturated rings. The average Bonchev–Trinajstić information content (AvgIpc) is 2.63. The summed E-state index contributed by atoms with van der Waals surface area (Å²) in [5, 5.41) is 11.6. The maximum Gasteiger partial charge on any atom is 0.255 e. The van der Waals surface area contributed by atoms with Crippen molar-refractivity contribution in [3.05, 3.63) is 90.0 Å². The van der Waals surface area contributed by atoms with Gasteiger partial charge in [-0.05, 0) is 47.5 Å². The van der Waals surface area contributed by atoms with Gasteiger partial charge in [-0.15, -0.1) is 0 Å². The number of benzene rings is 3. The van der Waals surface area contributed by atoms with Crippen LogP contribution in [0.15, 0.2) is 78.9 Å². The Labute approximate surface area is 134 Å². The standard InChI is InChI=1S/C20H14N2O/c21-14-15-6-8-18(9-7-15)20(23)22-19-12-10-17(11-13-19)16-4-2-1-3-5-16/h1-13H,(H,22,23). The second kappa shape index (κ2) is 6.59. The van der Waals surface area contributed by atoms with E-state index in [4.69, 9.17) is 5.26 Å². The molecular weight excluding hydrogens is 284 g/mol. The van der Waals surface area contributed by atoms with Gasteiger partial charge in [0.15, 0.2) is 0 Å². The Balaban J connectivity index is 1.73. The first-order valence-corrected chi connectivity index (χ1v) is 7.23. The van der Waals surface area contributed by atoms with Crippen LogP contribution in [0.5, 0.6) is 0 Å². The SMILES string of the molecule is N#Cc1ccc(C(=O)Nc2ccc(-c3ccccc3)cc2)cc1. The van der Waals surface area contributed by atoms with Crippen molar-refractivity contribution >= 4 is 11.6 Å². The summed E-state index contributed by atoms with van der Waals surface area (Å²) in [5.74, 6) is -0.193. The van der Waals surface area contributed by atoms with E-state index in [0.717, 1.165) is 16.8 Å². The summed E-state index contributed by atoms with van der Waals surface area (Å²) in [6, 6.07) is 26.4. The maximum atomic E-state index is 12.2. The highest BCUT2D eigenvalue weighted by Gasteiger charge is 2.06. The number of nitrogens with zero attached hydrogens (tertiary/aromatic N) is 1. The topological polar surface area (TPSA) is 52.9 Å². The van der Waals surface area contributed by atoms with Crippen LogP contribution >= 0.6 is 0 Å². The molecule has 0 saturated carbocycles. The summed E-state index contributed by atoms with van der Waals surface area (Å²) in [6.45, 7) is 0. The van der Waals surface area contributed by atoms with Crippen molar-refractivity contribution in [1.82, 2.24) is 0 Å². The van der Waals surface area contributed by atoms with E-state index >= 15 is 0 Å². The van der Waals surface area contributed by atoms with Gasteiger partial charge in [-0.25, -0.2) is 0 Å². The highest BCUT2D eigenvalue weighted by molar-refractivity contribution is 6.04. The number of hydrogen-bond acceptors (Lipinski definition) is 2. The molecule has 0 heterocycles. The molecular formula is C20H14N2O. The fourth-order valence-electron chi connectivity index (χ4n) is 2.28. The normalized spacial score (nSPS) is 9.87. The molecule has 0 aliphatic carbocycles. The highest BCUT2D eigenvalue weighted by Crippen LogP contribution is 2.21. The van der Waals surface area contributed by atoms with Crippen LogP contribution in [0.1, 0.15) is 15.9 Å². The van der Waals surface area contributed by atoms with Crippen LogP contribution < -0.4 is 5.32 Å². The van der Waals surface area contributed by atoms with Crippen molar-refractivity contribution in [2.45, 2.75) is 0 Å². The van der Waals surface area contributed by atoms with Crippen LogP contribution in [0.25, 0.3) is 11.1 Å². The number of nitriles is 1. The molecule has 3 aromatic rings. The largest absolute Gasteiger partial charge is 0.322 e. The fraction of sp³-hybridized carbons (Fsp3) is 0. The molecule has 0 aliphatic heterocycles. The lowest BCUT2D eigenvalue weighted by Crippen LogP contribution is -2.11. The minimum absolute atomic E-state index is 0.193. The number of carbonyl (C=O) groups is 1. The van der Waals surface area contributed by atoms with E-state index in [9.17, 15) is 4.79 Å². The Morgan fingerprint density at radius 1 is 0.783 bits per heavy atom. The van der Waals surface area contributed by atoms with E-state index in [2.05, 4.69) is 5.32 Å². The third-order valence-electron chi connectivity index (χ3n) is 3.53. The van der Waals surface area contributed by atoms with Crippen molar-refractivity contribution in [3.63, 3.8) is 0 Å². The van der Waals surface area contributed by atoms with Crippen LogP contribution in [0.2, 0.25) is 0 Å². The molecule has 3 nitrogen and oxygen atoms in total. The Morgan fingerprint density at radius 2 is 1.39 bits per heavy atom. The van der Waals surface area contributed by atoms with Gasteiger partial charge in [0.2, 0.25) is 0 Å². The number of hydrogen-bond donors (Lipinski definition) is 1. The molecule has 3 aromatic carbocycles. The van der Waals surface area contributed by atoms with E-state index in [0.29, 0.717) is 11.1 Å². The van der Waals surface area contributed by atoms with Gasteiger partial charge in [0.1, 0.15) is 0 Å². The second-order valence-corrected chi connectivity index (χ2v) is 5.09. The molecule has 0 atom stereocenters. The lowest BCUT2D eigenvalue weighted by molar-refractivity contribution is 0.102. The van der Waals surface area contributed by atoms with Crippen LogP contribution in [-0.2, 0) is 0 Å². The summed E-state index contributed by atoms with van der Waals surface area (Å²) in [5.41, 5.74) is 4.03. The second-order valence-electron chi connectivity index (χ2n) is 5.09. The molecule has 23 heavy (non-hydrogen) atoms. The van der Waals surface area contributed by atoms with Gasteiger partial charge in [-0.2, -0.15) is 5.26 Å². The van der Waals surface area contributed by atoms with Crippen molar-refractivity contribution in [3.8, 4) is 17.2 Å². The quantitative estimate of drug-likeness (QED) is 0.775. The smallest absolute Gasteiger partial charge is 0.255 e. The summed E-state index contributed by atoms with van der Waals surface area (Å²) in [7, 11) is 0. The van der Waals surface area contributed by atoms with Crippen LogP contribution in [-0.4, -0.2) is 5.91 Å². The monoisotopic (exact) mass is 298 g/mol. The minimum atomic E-state index is -0.193. The number of carbonyl (C=O) groups excluding carboxylic acids is 1. The Kier molecular flexibility index (Phi) is 4.17. The van der Waals surface area contributed by atoms with Crippen LogP contribution in [0, 0.1) is 11.3 Å². The molecule has 1 amide bonds. The predicted molar refractivity (Wildman–Crippen MR) is 91.0 cm³/mol. The molecule has 0 radical (unpaired) electrons. The molecule has 110 valence electrons. The highest BCUT2D eigenvalue weighted by atomic mass is 16.1. The Bertz CT molecular complexity index is 845. The van der Waals surface area contributed by atoms with E-state index < -0.39 is 0 Å². The van der Waals surface area contributed by atoms with Crippen LogP contribution in [0.4, 0.5) is 5.69 Å². The first kappa shape index (κ1) is 14.6. The van der Waals surface area contributed by atoms with E-state index in [1.165, 1.54) is 0 Å². The van der Waals surface area contributed by atoms with Crippen molar-refractivity contribution in [1.29, 1.82) is 5.26 Å². The Hall–Kier alpha value is -3.38. The lowest BCUT2D eigenvalue weighted by Gasteiger charge is -2.07. The maximum absolute atomic E-state index is 12.2. The van der Waals surface area contributed by atoms with Crippen molar-refractivity contribution < 1.29 is 4.79 Å². The van der Waals surface area contributed by atoms with Gasteiger partial charge in [0, 0.05) is 11.3 Å². The lowest BCUT2D eigenvalue weighted by atomic mass is 10.1. The zero-order valence-electron chi connectivity index (χ0n) is 12.4. The third-order valence-corrected chi connectivity index (χ3v) is 3.53. The number of anilines is 1. The van der Waals surface area contributed by atoms with Crippen molar-refractivity contribution in [2.75, 3.05) is 5.32 Å². The molecule has 0 saturated heterocycles. The van der Waals surface area contributed by atoms with Gasteiger partial charge < -0.3 is 5.32 Å². The van der Waals surface area contributed by atoms with Gasteiger partial charge in [0.05, 0.1) is 11.6 Å². The molecule has 0 spiro atoms. The first-order valence-electron chi connectivity index (χ1n) is 7.23. The van der Waals surface area contributed by atoms with Crippen molar-refractivity contribution in [2.24, 2.45) is 0 Å². The van der Waals surface area contributed by atoms with Gasteiger partial charge in [-0.3, -0.25) is 4.79 Å². The molecule has 0 aliphatic rings. The number of nitrogens with one attached hydrogen (secondary N) is 1. The van der Waals surface area contributed by atoms with Crippen LogP contribution in [0.3, 0.4) is 0 Å². The minimum Gasteiger partial charge on any atom is -0.322 e. The summed E-state index contributed by atoms with van der Waals surface area (Å²) in [6.07, 6.45) is 0. The zero-order valence-corrected chi connectivity index (χ0v) is 12.4. The summed E-state index contributed by atoms with van der Waals surface area (Å²) in [4.78, 5) is 12.2. The molecule has 0 aromatic heterocycles.